The maximum absolute atomic E-state index is 10.1. The molecule has 1 fully saturated rings. The molecule has 1 aliphatic heterocycles. The van der Waals surface area contributed by atoms with Crippen LogP contribution in [-0.2, 0) is 15.9 Å². The van der Waals surface area contributed by atoms with Gasteiger partial charge in [-0.3, -0.25) is 0 Å². The summed E-state index contributed by atoms with van der Waals surface area (Å²) in [6, 6.07) is 0. The van der Waals surface area contributed by atoms with E-state index in [-0.39, 0.29) is 5.95 Å². The second-order valence-electron chi connectivity index (χ2n) is 3.48. The average Bonchev–Trinajstić information content (AvgIpc) is 2.75. The number of hydrogen-bond donors (Lipinski definition) is 2. The molecule has 2 N–H and O–H groups in total. The maximum Gasteiger partial charge on any atom is 0.281 e. The highest BCUT2D eigenvalue weighted by Gasteiger charge is 2.32. The normalized spacial score (nSPS) is 18.6. The molecule has 88 valence electrons. The first kappa shape index (κ1) is 10.8. The second-order valence-corrected chi connectivity index (χ2v) is 3.48. The number of aromatic nitrogens is 3. The van der Waals surface area contributed by atoms with Gasteiger partial charge in [-0.15, -0.1) is 0 Å². The summed E-state index contributed by atoms with van der Waals surface area (Å²) in [5, 5.41) is 15.6. The molecule has 2 heterocycles. The number of hydrogen-bond acceptors (Lipinski definition) is 6. The van der Waals surface area contributed by atoms with Crippen LogP contribution in [-0.4, -0.2) is 39.2 Å². The summed E-state index contributed by atoms with van der Waals surface area (Å²) in [5.41, 5.74) is 1.87. The fourth-order valence-corrected chi connectivity index (χ4v) is 1.46. The highest BCUT2D eigenvalue weighted by Crippen LogP contribution is 2.22. The maximum atomic E-state index is 10.1. The lowest BCUT2D eigenvalue weighted by Gasteiger charge is -2.19. The molecular formula is C7H11N5O4. The monoisotopic (exact) mass is 229 g/mol. The van der Waals surface area contributed by atoms with Gasteiger partial charge in [-0.1, -0.05) is 5.43 Å². The molecule has 0 unspecified atom stereocenters. The smallest absolute Gasteiger partial charge is 0.281 e. The van der Waals surface area contributed by atoms with Crippen LogP contribution in [0.4, 0.5) is 5.95 Å². The van der Waals surface area contributed by atoms with Gasteiger partial charge in [0.25, 0.3) is 5.95 Å². The number of nitrogens with zero attached hydrogens (tertiary/aromatic N) is 3. The molecule has 0 atom stereocenters. The molecule has 0 amide bonds. The first-order chi connectivity index (χ1) is 7.57. The molecule has 1 saturated heterocycles. The molecule has 0 radical (unpaired) electrons. The predicted octanol–water partition coefficient (Wildman–Crippen LogP) is -0.286. The lowest BCUT2D eigenvalue weighted by molar-refractivity contribution is -0.446. The Labute approximate surface area is 90.3 Å². The molecule has 1 aliphatic rings. The molecular weight excluding hydrogens is 218 g/mol. The van der Waals surface area contributed by atoms with Crippen molar-refractivity contribution >= 4 is 5.95 Å². The van der Waals surface area contributed by atoms with Crippen LogP contribution in [0.25, 0.3) is 0 Å². The van der Waals surface area contributed by atoms with Crippen LogP contribution in [0.1, 0.15) is 12.7 Å². The van der Waals surface area contributed by atoms with E-state index in [1.165, 1.54) is 0 Å². The summed E-state index contributed by atoms with van der Waals surface area (Å²) in [5.74, 6) is -0.357. The number of nitro groups is 1. The summed E-state index contributed by atoms with van der Waals surface area (Å²) >= 11 is 0. The first-order valence-corrected chi connectivity index (χ1v) is 4.68. The van der Waals surface area contributed by atoms with E-state index in [0.717, 1.165) is 0 Å². The van der Waals surface area contributed by atoms with Gasteiger partial charge < -0.3 is 9.47 Å². The molecule has 1 aromatic rings. The predicted molar refractivity (Wildman–Crippen MR) is 51.0 cm³/mol. The number of anilines is 1. The van der Waals surface area contributed by atoms with Gasteiger partial charge in [0.1, 0.15) is 0 Å². The van der Waals surface area contributed by atoms with Crippen molar-refractivity contribution in [3.63, 3.8) is 0 Å². The topological polar surface area (TPSA) is 115 Å². The van der Waals surface area contributed by atoms with Gasteiger partial charge in [0.05, 0.1) is 19.6 Å². The third-order valence-corrected chi connectivity index (χ3v) is 2.11. The van der Waals surface area contributed by atoms with Crippen LogP contribution in [0.3, 0.4) is 0 Å². The van der Waals surface area contributed by atoms with E-state index >= 15 is 0 Å². The fourth-order valence-electron chi connectivity index (χ4n) is 1.46. The van der Waals surface area contributed by atoms with Crippen molar-refractivity contribution < 1.29 is 14.5 Å². The lowest BCUT2D eigenvalue weighted by atomic mass is 10.2. The fraction of sp³-hybridized carbons (Fsp3) is 0.714. The quantitative estimate of drug-likeness (QED) is 0.538. The number of aromatic amines is 1. The Bertz CT molecular complexity index is 386. The Balaban J connectivity index is 1.99. The molecule has 16 heavy (non-hydrogen) atoms. The largest absolute Gasteiger partial charge is 0.347 e. The van der Waals surface area contributed by atoms with Crippen LogP contribution >= 0.6 is 0 Å². The van der Waals surface area contributed by atoms with Crippen molar-refractivity contribution in [2.24, 2.45) is 0 Å². The van der Waals surface area contributed by atoms with Crippen molar-refractivity contribution in [3.05, 3.63) is 15.9 Å². The molecule has 1 aromatic heterocycles. The Morgan fingerprint density at radius 3 is 2.94 bits per heavy atom. The van der Waals surface area contributed by atoms with Gasteiger partial charge in [-0.25, -0.2) is 15.2 Å². The number of ether oxygens (including phenoxy) is 2. The van der Waals surface area contributed by atoms with Gasteiger partial charge in [0.2, 0.25) is 0 Å². The zero-order valence-corrected chi connectivity index (χ0v) is 8.60. The highest BCUT2D eigenvalue weighted by molar-refractivity contribution is 5.18. The van der Waals surface area contributed by atoms with Gasteiger partial charge in [-0.2, -0.15) is 10.1 Å². The van der Waals surface area contributed by atoms with E-state index in [4.69, 9.17) is 9.47 Å². The molecule has 0 saturated carbocycles. The Morgan fingerprint density at radius 2 is 2.31 bits per heavy atom. The van der Waals surface area contributed by atoms with Crippen LogP contribution in [0, 0.1) is 10.1 Å². The van der Waals surface area contributed by atoms with Crippen molar-refractivity contribution in [3.8, 4) is 0 Å². The Hall–Kier alpha value is -1.74. The minimum absolute atomic E-state index is 0.0124. The summed E-state index contributed by atoms with van der Waals surface area (Å²) in [6.07, 6.45) is 0.336. The number of nitrogens with one attached hydrogen (secondary N) is 2. The Morgan fingerprint density at radius 1 is 1.62 bits per heavy atom. The average molecular weight is 229 g/mol. The number of H-pyrrole nitrogens is 1. The SMILES string of the molecule is CC1(Cc2n[nH]c(N[N+](=O)[O-])n2)OCCO1. The van der Waals surface area contributed by atoms with Crippen molar-refractivity contribution in [1.29, 1.82) is 0 Å². The van der Waals surface area contributed by atoms with E-state index in [2.05, 4.69) is 15.2 Å². The molecule has 9 heteroatoms. The zero-order valence-electron chi connectivity index (χ0n) is 8.60. The van der Waals surface area contributed by atoms with Gasteiger partial charge in [-0.05, 0) is 6.92 Å². The van der Waals surface area contributed by atoms with Gasteiger partial charge >= 0.3 is 0 Å². The van der Waals surface area contributed by atoms with E-state index in [1.54, 1.807) is 6.92 Å². The van der Waals surface area contributed by atoms with E-state index in [0.29, 0.717) is 25.5 Å². The second kappa shape index (κ2) is 4.02. The highest BCUT2D eigenvalue weighted by atomic mass is 16.7. The van der Waals surface area contributed by atoms with E-state index < -0.39 is 10.8 Å². The minimum atomic E-state index is -0.742. The third kappa shape index (κ3) is 2.44. The van der Waals surface area contributed by atoms with Crippen LogP contribution < -0.4 is 5.43 Å². The van der Waals surface area contributed by atoms with Crippen LogP contribution in [0.15, 0.2) is 0 Å². The van der Waals surface area contributed by atoms with Crippen molar-refractivity contribution in [2.75, 3.05) is 18.6 Å². The summed E-state index contributed by atoms with van der Waals surface area (Å²) in [4.78, 5) is 14.0. The molecule has 0 spiro atoms. The summed E-state index contributed by atoms with van der Waals surface area (Å²) in [6.45, 7) is 2.83. The standard InChI is InChI=1S/C7H11N5O4/c1-7(15-2-3-16-7)4-5-8-6(10-9-5)11-12(13)14/h2-4H2,1H3,(H2,8,9,10,11). The van der Waals surface area contributed by atoms with E-state index in [1.807, 2.05) is 5.43 Å². The molecule has 0 bridgehead atoms. The number of hydrazine groups is 1. The van der Waals surface area contributed by atoms with Crippen molar-refractivity contribution in [2.45, 2.75) is 19.1 Å². The number of rotatable bonds is 4. The minimum Gasteiger partial charge on any atom is -0.347 e. The zero-order chi connectivity index (χ0) is 11.6. The molecule has 9 nitrogen and oxygen atoms in total. The van der Waals surface area contributed by atoms with Crippen LogP contribution in [0.2, 0.25) is 0 Å². The molecule has 0 aromatic carbocycles. The first-order valence-electron chi connectivity index (χ1n) is 4.68. The van der Waals surface area contributed by atoms with Gasteiger partial charge in [0, 0.05) is 0 Å². The third-order valence-electron chi connectivity index (χ3n) is 2.11. The Kier molecular flexibility index (Phi) is 2.71. The lowest BCUT2D eigenvalue weighted by Crippen LogP contribution is -2.29. The van der Waals surface area contributed by atoms with Crippen molar-refractivity contribution in [1.82, 2.24) is 15.2 Å². The summed E-state index contributed by atoms with van der Waals surface area (Å²) in [7, 11) is 0. The summed E-state index contributed by atoms with van der Waals surface area (Å²) < 4.78 is 10.7. The van der Waals surface area contributed by atoms with E-state index in [9.17, 15) is 10.1 Å². The van der Waals surface area contributed by atoms with Gasteiger partial charge in [0.15, 0.2) is 16.6 Å². The molecule has 2 rings (SSSR count). The van der Waals surface area contributed by atoms with Crippen LogP contribution in [0.5, 0.6) is 0 Å². The molecule has 0 aliphatic carbocycles.